The van der Waals surface area contributed by atoms with Crippen LogP contribution in [0.4, 0.5) is 0 Å². The van der Waals surface area contributed by atoms with Crippen molar-refractivity contribution in [1.29, 1.82) is 0 Å². The molecule has 0 aromatic rings. The van der Waals surface area contributed by atoms with Gasteiger partial charge in [0.1, 0.15) is 24.4 Å². The van der Waals surface area contributed by atoms with Crippen LogP contribution in [-0.2, 0) is 23.8 Å². The molecule has 1 heterocycles. The molecule has 0 aromatic carbocycles. The van der Waals surface area contributed by atoms with Crippen molar-refractivity contribution in [2.24, 2.45) is 0 Å². The van der Waals surface area contributed by atoms with E-state index < -0.39 is 67.4 Å². The Morgan fingerprint density at radius 1 is 0.482 bits per heavy atom. The van der Waals surface area contributed by atoms with Gasteiger partial charge in [0.15, 0.2) is 12.4 Å². The quantitative estimate of drug-likeness (QED) is 0.0195. The van der Waals surface area contributed by atoms with Crippen LogP contribution in [0, 0.1) is 0 Å². The van der Waals surface area contributed by atoms with Crippen LogP contribution < -0.4 is 5.32 Å². The van der Waals surface area contributed by atoms with E-state index in [1.807, 2.05) is 18.2 Å². The number of hydrogen-bond donors (Lipinski definition) is 6. The summed E-state index contributed by atoms with van der Waals surface area (Å²) in [5.74, 6) is -1.27. The van der Waals surface area contributed by atoms with Crippen molar-refractivity contribution >= 4 is 11.9 Å². The molecule has 83 heavy (non-hydrogen) atoms. The van der Waals surface area contributed by atoms with E-state index in [9.17, 15) is 35.1 Å². The molecular formula is C72H119NO10. The molecule has 6 N–H and O–H groups in total. The predicted molar refractivity (Wildman–Crippen MR) is 347 cm³/mol. The minimum atomic E-state index is -1.65. The Morgan fingerprint density at radius 3 is 1.33 bits per heavy atom. The van der Waals surface area contributed by atoms with Gasteiger partial charge in [0.2, 0.25) is 5.91 Å². The first-order chi connectivity index (χ1) is 40.7. The second kappa shape index (κ2) is 58.2. The van der Waals surface area contributed by atoms with Crippen LogP contribution >= 0.6 is 0 Å². The first-order valence-corrected chi connectivity index (χ1v) is 33.0. The lowest BCUT2D eigenvalue weighted by molar-refractivity contribution is -0.305. The standard InChI is InChI=1S/C72H119NO10/c1-4-7-10-13-16-19-22-24-26-28-29-30-31-32-33-34-35-36-38-39-41-44-47-50-53-56-59-65(76)71(80)73-63(64(75)58-55-52-49-46-43-21-18-15-12-9-6-3)62-81-72-70(69(79)68(78)66(61-74)82-72)83-67(77)60-57-54-51-48-45-42-40-37-27-25-23-20-17-14-11-8-5-2/h7,10,16-17,19-20,24-27,29-30,32-33,35-36,40,42,48,51,55,58,63-66,68-70,72,74-76,78-79H,4-6,8-9,11-15,18,21-23,28,31,34,37-39,41,43-47,49-50,52-54,56-57,59-62H2,1-3H3,(H,73,80)/b10-7-,19-16-,20-17-,26-24-,27-25-,30-29-,33-32-,36-35-,42-40-,51-48-,58-55+. The summed E-state index contributed by atoms with van der Waals surface area (Å²) in [7, 11) is 0. The van der Waals surface area contributed by atoms with Crippen LogP contribution in [0.2, 0.25) is 0 Å². The zero-order valence-electron chi connectivity index (χ0n) is 52.3. The maximum Gasteiger partial charge on any atom is 0.306 e. The molecule has 0 radical (unpaired) electrons. The highest BCUT2D eigenvalue weighted by Gasteiger charge is 2.47. The van der Waals surface area contributed by atoms with Gasteiger partial charge in [0, 0.05) is 6.42 Å². The molecule has 1 saturated heterocycles. The zero-order chi connectivity index (χ0) is 60.3. The largest absolute Gasteiger partial charge is 0.454 e. The molecule has 8 unspecified atom stereocenters. The smallest absolute Gasteiger partial charge is 0.306 e. The molecule has 11 heteroatoms. The van der Waals surface area contributed by atoms with Crippen molar-refractivity contribution < 1.29 is 49.3 Å². The van der Waals surface area contributed by atoms with E-state index in [-0.39, 0.29) is 19.4 Å². The summed E-state index contributed by atoms with van der Waals surface area (Å²) in [6, 6.07) is -1.05. The first-order valence-electron chi connectivity index (χ1n) is 33.0. The number of rotatable bonds is 54. The van der Waals surface area contributed by atoms with Crippen LogP contribution in [0.5, 0.6) is 0 Å². The highest BCUT2D eigenvalue weighted by atomic mass is 16.7. The minimum absolute atomic E-state index is 0.0399. The number of unbranched alkanes of at least 4 members (excludes halogenated alkanes) is 20. The molecule has 0 aromatic heterocycles. The monoisotopic (exact) mass is 1160 g/mol. The SMILES string of the molecule is CC/C=C\C/C=C\C/C=C\C/C=C\C/C=C\C/C=C\CCCCCCCCCC(O)C(=O)NC(COC1OC(CO)C(O)C(O)C1OC(=O)CCC/C=C\C/C=C\C/C=C\C/C=C\CCCCC)C(O)/C=C/CCCCCCCCCCC. The average molecular weight is 1160 g/mol. The van der Waals surface area contributed by atoms with E-state index in [2.05, 4.69) is 135 Å². The van der Waals surface area contributed by atoms with Gasteiger partial charge < -0.3 is 45.1 Å². The topological polar surface area (TPSA) is 175 Å². The number of allylic oxidation sites excluding steroid dienone is 21. The Balaban J connectivity index is 2.64. The molecule has 8 atom stereocenters. The van der Waals surface area contributed by atoms with E-state index in [1.165, 1.54) is 64.2 Å². The van der Waals surface area contributed by atoms with Gasteiger partial charge in [0.25, 0.3) is 0 Å². The number of esters is 1. The fourth-order valence-corrected chi connectivity index (χ4v) is 9.35. The third-order valence-electron chi connectivity index (χ3n) is 14.5. The lowest BCUT2D eigenvalue weighted by atomic mass is 9.99. The molecule has 1 amide bonds. The Kier molecular flexibility index (Phi) is 53.9. The normalized spacial score (nSPS) is 19.4. The van der Waals surface area contributed by atoms with Crippen molar-refractivity contribution in [3.63, 3.8) is 0 Å². The highest BCUT2D eigenvalue weighted by Crippen LogP contribution is 2.26. The Bertz CT molecular complexity index is 1860. The fraction of sp³-hybridized carbons (Fsp3) is 0.667. The van der Waals surface area contributed by atoms with E-state index in [0.29, 0.717) is 19.3 Å². The van der Waals surface area contributed by atoms with Gasteiger partial charge in [-0.25, -0.2) is 0 Å². The molecule has 1 aliphatic heterocycles. The lowest BCUT2D eigenvalue weighted by Crippen LogP contribution is -2.61. The number of aliphatic hydroxyl groups is 5. The maximum atomic E-state index is 13.5. The van der Waals surface area contributed by atoms with Gasteiger partial charge in [-0.05, 0) is 116 Å². The summed E-state index contributed by atoms with van der Waals surface area (Å²) < 4.78 is 17.6. The molecule has 0 bridgehead atoms. The minimum Gasteiger partial charge on any atom is -0.454 e. The van der Waals surface area contributed by atoms with E-state index in [4.69, 9.17) is 14.2 Å². The number of ether oxygens (including phenoxy) is 3. The molecule has 0 spiro atoms. The van der Waals surface area contributed by atoms with E-state index in [0.717, 1.165) is 128 Å². The number of carbonyl (C=O) groups is 2. The van der Waals surface area contributed by atoms with Crippen LogP contribution in [0.15, 0.2) is 134 Å². The Morgan fingerprint density at radius 2 is 0.867 bits per heavy atom. The first kappa shape index (κ1) is 76.8. The number of carbonyl (C=O) groups excluding carboxylic acids is 2. The summed E-state index contributed by atoms with van der Waals surface area (Å²) in [6.45, 7) is 5.60. The maximum absolute atomic E-state index is 13.5. The fourth-order valence-electron chi connectivity index (χ4n) is 9.35. The Labute approximate surface area is 505 Å². The molecule has 472 valence electrons. The molecule has 11 nitrogen and oxygen atoms in total. The number of hydrogen-bond acceptors (Lipinski definition) is 10. The average Bonchev–Trinajstić information content (AvgIpc) is 3.62. The summed E-state index contributed by atoms with van der Waals surface area (Å²) in [5, 5.41) is 57.0. The van der Waals surface area contributed by atoms with E-state index in [1.54, 1.807) is 6.08 Å². The van der Waals surface area contributed by atoms with Crippen LogP contribution in [-0.4, -0.2) is 99.6 Å². The van der Waals surface area contributed by atoms with Gasteiger partial charge in [-0.3, -0.25) is 9.59 Å². The van der Waals surface area contributed by atoms with Crippen molar-refractivity contribution in [2.45, 2.75) is 294 Å². The Hall–Kier alpha value is -4.20. The summed E-state index contributed by atoms with van der Waals surface area (Å²) >= 11 is 0. The molecule has 0 aliphatic carbocycles. The summed E-state index contributed by atoms with van der Waals surface area (Å²) in [4.78, 5) is 26.6. The molecule has 1 fully saturated rings. The summed E-state index contributed by atoms with van der Waals surface area (Å²) in [6.07, 6.45) is 72.1. The lowest BCUT2D eigenvalue weighted by Gasteiger charge is -2.41. The highest BCUT2D eigenvalue weighted by molar-refractivity contribution is 5.80. The summed E-state index contributed by atoms with van der Waals surface area (Å²) in [5.41, 5.74) is 0. The number of nitrogens with one attached hydrogen (secondary N) is 1. The van der Waals surface area contributed by atoms with E-state index >= 15 is 0 Å². The third kappa shape index (κ3) is 45.8. The van der Waals surface area contributed by atoms with Gasteiger partial charge in [-0.1, -0.05) is 257 Å². The third-order valence-corrected chi connectivity index (χ3v) is 14.5. The van der Waals surface area contributed by atoms with Gasteiger partial charge in [-0.15, -0.1) is 0 Å². The molecule has 0 saturated carbocycles. The van der Waals surface area contributed by atoms with Gasteiger partial charge in [0.05, 0.1) is 25.4 Å². The van der Waals surface area contributed by atoms with Crippen molar-refractivity contribution in [1.82, 2.24) is 5.32 Å². The predicted octanol–water partition coefficient (Wildman–Crippen LogP) is 16.4. The van der Waals surface area contributed by atoms with Crippen LogP contribution in [0.1, 0.15) is 245 Å². The molecule has 1 aliphatic rings. The molecular weight excluding hydrogens is 1040 g/mol. The van der Waals surface area contributed by atoms with Crippen molar-refractivity contribution in [2.75, 3.05) is 13.2 Å². The number of amides is 1. The second-order valence-electron chi connectivity index (χ2n) is 22.1. The van der Waals surface area contributed by atoms with Gasteiger partial charge >= 0.3 is 5.97 Å². The van der Waals surface area contributed by atoms with Crippen molar-refractivity contribution in [3.8, 4) is 0 Å². The molecule has 1 rings (SSSR count). The number of aliphatic hydroxyl groups excluding tert-OH is 5. The zero-order valence-corrected chi connectivity index (χ0v) is 52.3. The van der Waals surface area contributed by atoms with Crippen molar-refractivity contribution in [3.05, 3.63) is 134 Å². The van der Waals surface area contributed by atoms with Crippen LogP contribution in [0.3, 0.4) is 0 Å². The van der Waals surface area contributed by atoms with Gasteiger partial charge in [-0.2, -0.15) is 0 Å². The second-order valence-corrected chi connectivity index (χ2v) is 22.1. The van der Waals surface area contributed by atoms with Crippen LogP contribution in [0.25, 0.3) is 0 Å².